The molecule has 3 nitrogen and oxygen atoms in total. The summed E-state index contributed by atoms with van der Waals surface area (Å²) in [5.41, 5.74) is 0.449. The molecule has 0 aromatic carbocycles. The van der Waals surface area contributed by atoms with Crippen molar-refractivity contribution in [2.24, 2.45) is 0 Å². The van der Waals surface area contributed by atoms with Crippen molar-refractivity contribution in [3.05, 3.63) is 17.7 Å². The number of carbonyl (C=O) groups excluding carboxylic acids is 1. The Morgan fingerprint density at radius 1 is 1.19 bits per heavy atom. The van der Waals surface area contributed by atoms with Crippen molar-refractivity contribution in [3.8, 4) is 0 Å². The molecule has 90 valence electrons. The maximum atomic E-state index is 11.4. The first-order chi connectivity index (χ1) is 7.03. The summed E-state index contributed by atoms with van der Waals surface area (Å²) in [5.74, 6) is 0.985. The largest absolute Gasteiger partial charge is 0.328 e. The van der Waals surface area contributed by atoms with E-state index in [1.807, 2.05) is 6.20 Å². The van der Waals surface area contributed by atoms with Crippen LogP contribution < -0.4 is 0 Å². The van der Waals surface area contributed by atoms with Gasteiger partial charge in [0.1, 0.15) is 11.5 Å². The first-order valence-electron chi connectivity index (χ1n) is 5.65. The topological polar surface area (TPSA) is 34.9 Å². The van der Waals surface area contributed by atoms with Crippen molar-refractivity contribution in [2.75, 3.05) is 0 Å². The van der Waals surface area contributed by atoms with Gasteiger partial charge in [0, 0.05) is 24.1 Å². The zero-order valence-corrected chi connectivity index (χ0v) is 11.4. The summed E-state index contributed by atoms with van der Waals surface area (Å²) in [6, 6.07) is 0. The lowest BCUT2D eigenvalue weighted by Gasteiger charge is -2.28. The van der Waals surface area contributed by atoms with Gasteiger partial charge in [0.15, 0.2) is 5.78 Å². The average Bonchev–Trinajstić information content (AvgIpc) is 2.44. The molecule has 0 spiro atoms. The molecule has 1 aromatic heterocycles. The van der Waals surface area contributed by atoms with E-state index in [1.54, 1.807) is 6.92 Å². The summed E-state index contributed by atoms with van der Waals surface area (Å²) in [7, 11) is 0. The summed E-state index contributed by atoms with van der Waals surface area (Å²) in [6.45, 7) is 14.3. The van der Waals surface area contributed by atoms with Gasteiger partial charge in [-0.3, -0.25) is 4.79 Å². The van der Waals surface area contributed by atoms with E-state index < -0.39 is 0 Å². The van der Waals surface area contributed by atoms with Crippen molar-refractivity contribution in [2.45, 2.75) is 59.4 Å². The monoisotopic (exact) mass is 222 g/mol. The summed E-state index contributed by atoms with van der Waals surface area (Å²) >= 11 is 0. The van der Waals surface area contributed by atoms with Crippen LogP contribution in [0, 0.1) is 0 Å². The van der Waals surface area contributed by atoms with E-state index in [4.69, 9.17) is 0 Å². The maximum Gasteiger partial charge on any atom is 0.179 e. The molecule has 0 unspecified atom stereocenters. The molecule has 0 aliphatic rings. The molecule has 0 saturated heterocycles. The van der Waals surface area contributed by atoms with E-state index in [0.29, 0.717) is 5.69 Å². The van der Waals surface area contributed by atoms with E-state index in [2.05, 4.69) is 51.1 Å². The predicted octanol–water partition coefficient (Wildman–Crippen LogP) is 3.14. The molecule has 0 fully saturated rings. The highest BCUT2D eigenvalue weighted by Gasteiger charge is 2.27. The fourth-order valence-electron chi connectivity index (χ4n) is 1.59. The molecular weight excluding hydrogens is 200 g/mol. The average molecular weight is 222 g/mol. The molecule has 0 N–H and O–H groups in total. The van der Waals surface area contributed by atoms with Crippen LogP contribution in [0.4, 0.5) is 0 Å². The van der Waals surface area contributed by atoms with Crippen molar-refractivity contribution < 1.29 is 4.79 Å². The standard InChI is InChI=1S/C13H22N2O/c1-9(16)10-8-15(13(5,6)7)11(14-10)12(2,3)4/h8H,1-7H3. The first kappa shape index (κ1) is 12.9. The van der Waals surface area contributed by atoms with Crippen molar-refractivity contribution >= 4 is 5.78 Å². The van der Waals surface area contributed by atoms with E-state index in [-0.39, 0.29) is 16.7 Å². The van der Waals surface area contributed by atoms with Gasteiger partial charge >= 0.3 is 0 Å². The Morgan fingerprint density at radius 2 is 1.69 bits per heavy atom. The van der Waals surface area contributed by atoms with Gasteiger partial charge in [-0.15, -0.1) is 0 Å². The highest BCUT2D eigenvalue weighted by atomic mass is 16.1. The second kappa shape index (κ2) is 3.72. The molecule has 0 amide bonds. The third-order valence-corrected chi connectivity index (χ3v) is 2.46. The Kier molecular flexibility index (Phi) is 3.01. The first-order valence-corrected chi connectivity index (χ1v) is 5.65. The fraction of sp³-hybridized carbons (Fsp3) is 0.692. The lowest BCUT2D eigenvalue weighted by atomic mass is 9.94. The van der Waals surface area contributed by atoms with Crippen LogP contribution in [0.15, 0.2) is 6.20 Å². The van der Waals surface area contributed by atoms with Crippen LogP contribution in [-0.2, 0) is 11.0 Å². The number of Topliss-reactive ketones (excluding diaryl/α,β-unsaturated/α-hetero) is 1. The van der Waals surface area contributed by atoms with Crippen LogP contribution in [0.3, 0.4) is 0 Å². The molecule has 0 radical (unpaired) electrons. The van der Waals surface area contributed by atoms with Gasteiger partial charge in [0.2, 0.25) is 0 Å². The van der Waals surface area contributed by atoms with E-state index in [0.717, 1.165) is 5.82 Å². The molecule has 0 aliphatic carbocycles. The Balaban J connectivity index is 3.41. The second-order valence-electron chi connectivity index (χ2n) is 6.30. The molecule has 0 aliphatic heterocycles. The van der Waals surface area contributed by atoms with Crippen LogP contribution in [0.1, 0.15) is 64.8 Å². The Hall–Kier alpha value is -1.12. The molecule has 1 rings (SSSR count). The van der Waals surface area contributed by atoms with Gasteiger partial charge in [-0.25, -0.2) is 4.98 Å². The minimum Gasteiger partial charge on any atom is -0.328 e. The summed E-state index contributed by atoms with van der Waals surface area (Å²) in [6.07, 6.45) is 1.86. The van der Waals surface area contributed by atoms with Crippen molar-refractivity contribution in [1.29, 1.82) is 0 Å². The zero-order valence-electron chi connectivity index (χ0n) is 11.4. The lowest BCUT2D eigenvalue weighted by Crippen LogP contribution is -2.29. The Morgan fingerprint density at radius 3 is 1.94 bits per heavy atom. The number of hydrogen-bond donors (Lipinski definition) is 0. The van der Waals surface area contributed by atoms with Crippen LogP contribution >= 0.6 is 0 Å². The number of rotatable bonds is 1. The molecule has 1 aromatic rings. The van der Waals surface area contributed by atoms with Crippen LogP contribution in [0.5, 0.6) is 0 Å². The van der Waals surface area contributed by atoms with E-state index in [1.165, 1.54) is 0 Å². The van der Waals surface area contributed by atoms with Crippen LogP contribution in [0.2, 0.25) is 0 Å². The van der Waals surface area contributed by atoms with Crippen LogP contribution in [0.25, 0.3) is 0 Å². The molecular formula is C13H22N2O. The van der Waals surface area contributed by atoms with Crippen molar-refractivity contribution in [1.82, 2.24) is 9.55 Å². The second-order valence-corrected chi connectivity index (χ2v) is 6.30. The molecule has 0 saturated carbocycles. The number of imidazole rings is 1. The number of hydrogen-bond acceptors (Lipinski definition) is 2. The maximum absolute atomic E-state index is 11.4. The molecule has 3 heteroatoms. The van der Waals surface area contributed by atoms with E-state index in [9.17, 15) is 4.79 Å². The van der Waals surface area contributed by atoms with Crippen LogP contribution in [-0.4, -0.2) is 15.3 Å². The third-order valence-electron chi connectivity index (χ3n) is 2.46. The molecule has 1 heterocycles. The van der Waals surface area contributed by atoms with Gasteiger partial charge in [-0.05, 0) is 20.8 Å². The fourth-order valence-corrected chi connectivity index (χ4v) is 1.59. The van der Waals surface area contributed by atoms with Gasteiger partial charge in [0.05, 0.1) is 0 Å². The van der Waals surface area contributed by atoms with Gasteiger partial charge < -0.3 is 4.57 Å². The smallest absolute Gasteiger partial charge is 0.179 e. The predicted molar refractivity (Wildman–Crippen MR) is 65.9 cm³/mol. The highest BCUT2D eigenvalue weighted by molar-refractivity contribution is 5.92. The number of carbonyl (C=O) groups is 1. The minimum atomic E-state index is -0.0546. The normalized spacial score (nSPS) is 12.9. The summed E-state index contributed by atoms with van der Waals surface area (Å²) in [4.78, 5) is 15.8. The molecule has 0 atom stereocenters. The van der Waals surface area contributed by atoms with E-state index >= 15 is 0 Å². The Bertz CT molecular complexity index is 371. The minimum absolute atomic E-state index is 0.0218. The number of nitrogens with zero attached hydrogens (tertiary/aromatic N) is 2. The number of ketones is 1. The SMILES string of the molecule is CC(=O)c1cn(C(C)(C)C)c(C(C)(C)C)n1. The summed E-state index contributed by atoms with van der Waals surface area (Å²) in [5, 5.41) is 0. The highest BCUT2D eigenvalue weighted by Crippen LogP contribution is 2.27. The lowest BCUT2D eigenvalue weighted by molar-refractivity contribution is 0.101. The third kappa shape index (κ3) is 2.52. The van der Waals surface area contributed by atoms with Gasteiger partial charge in [-0.1, -0.05) is 20.8 Å². The van der Waals surface area contributed by atoms with Gasteiger partial charge in [-0.2, -0.15) is 0 Å². The van der Waals surface area contributed by atoms with Crippen molar-refractivity contribution in [3.63, 3.8) is 0 Å². The Labute approximate surface area is 97.9 Å². The quantitative estimate of drug-likeness (QED) is 0.684. The molecule has 0 bridgehead atoms. The summed E-state index contributed by atoms with van der Waals surface area (Å²) < 4.78 is 2.10. The zero-order chi connectivity index (χ0) is 12.7. The number of aromatic nitrogens is 2. The molecule has 16 heavy (non-hydrogen) atoms. The van der Waals surface area contributed by atoms with Gasteiger partial charge in [0.25, 0.3) is 0 Å².